The van der Waals surface area contributed by atoms with Crippen molar-refractivity contribution < 1.29 is 0 Å². The second-order valence-electron chi connectivity index (χ2n) is 8.50. The number of halogens is 1. The number of pyridine rings is 1. The van der Waals surface area contributed by atoms with Gasteiger partial charge in [-0.15, -0.1) is 0 Å². The third-order valence-corrected chi connectivity index (χ3v) is 6.93. The molecule has 2 aliphatic heterocycles. The van der Waals surface area contributed by atoms with E-state index in [9.17, 15) is 0 Å². The molecule has 0 amide bonds. The molecule has 5 rings (SSSR count). The van der Waals surface area contributed by atoms with E-state index in [-0.39, 0.29) is 0 Å². The van der Waals surface area contributed by atoms with Crippen LogP contribution in [-0.4, -0.2) is 60.1 Å². The van der Waals surface area contributed by atoms with Crippen LogP contribution in [0, 0.1) is 0 Å². The first kappa shape index (κ1) is 19.8. The Kier molecular flexibility index (Phi) is 5.89. The zero-order valence-electron chi connectivity index (χ0n) is 17.4. The standard InChI is InChI=1S/C25H29ClN4/c26-21-6-7-24-20(8-11-27-25(24)18-21)19-28-12-9-23(10-13-28)30-16-14-29(15-17-30)22-4-2-1-3-5-22/h1-8,11,18,23H,9-10,12-17,19H2. The van der Waals surface area contributed by atoms with E-state index in [1.165, 1.54) is 55.7 Å². The van der Waals surface area contributed by atoms with Crippen molar-refractivity contribution in [1.82, 2.24) is 14.8 Å². The Morgan fingerprint density at radius 3 is 2.40 bits per heavy atom. The monoisotopic (exact) mass is 420 g/mol. The SMILES string of the molecule is Clc1ccc2c(CN3CCC(N4CCN(c5ccccc5)CC4)CC3)ccnc2c1. The largest absolute Gasteiger partial charge is 0.369 e. The molecular weight excluding hydrogens is 392 g/mol. The molecule has 30 heavy (non-hydrogen) atoms. The normalized spacial score (nSPS) is 19.4. The minimum atomic E-state index is 0.729. The van der Waals surface area contributed by atoms with Gasteiger partial charge >= 0.3 is 0 Å². The molecule has 5 heteroatoms. The molecule has 156 valence electrons. The van der Waals surface area contributed by atoms with Crippen LogP contribution in [0.3, 0.4) is 0 Å². The number of rotatable bonds is 4. The van der Waals surface area contributed by atoms with Gasteiger partial charge in [0.15, 0.2) is 0 Å². The second-order valence-corrected chi connectivity index (χ2v) is 8.93. The van der Waals surface area contributed by atoms with Crippen molar-refractivity contribution in [2.75, 3.05) is 44.2 Å². The summed E-state index contributed by atoms with van der Waals surface area (Å²) in [6, 6.07) is 19.7. The molecule has 0 unspecified atom stereocenters. The molecule has 1 aromatic heterocycles. The van der Waals surface area contributed by atoms with Crippen LogP contribution >= 0.6 is 11.6 Å². The summed E-state index contributed by atoms with van der Waals surface area (Å²) in [6.45, 7) is 7.95. The van der Waals surface area contributed by atoms with Crippen molar-refractivity contribution in [3.05, 3.63) is 71.4 Å². The van der Waals surface area contributed by atoms with E-state index in [1.807, 2.05) is 18.3 Å². The van der Waals surface area contributed by atoms with E-state index in [0.717, 1.165) is 36.2 Å². The lowest BCUT2D eigenvalue weighted by atomic mass is 10.0. The second kappa shape index (κ2) is 8.93. The molecule has 2 aromatic carbocycles. The number of likely N-dealkylation sites (tertiary alicyclic amines) is 1. The lowest BCUT2D eigenvalue weighted by Crippen LogP contribution is -2.53. The zero-order valence-corrected chi connectivity index (χ0v) is 18.1. The first-order valence-corrected chi connectivity index (χ1v) is 11.4. The number of aromatic nitrogens is 1. The molecule has 2 fully saturated rings. The van der Waals surface area contributed by atoms with E-state index < -0.39 is 0 Å². The molecule has 0 N–H and O–H groups in total. The third-order valence-electron chi connectivity index (χ3n) is 6.70. The van der Waals surface area contributed by atoms with Gasteiger partial charge in [0.05, 0.1) is 5.52 Å². The predicted octanol–water partition coefficient (Wildman–Crippen LogP) is 4.67. The summed E-state index contributed by atoms with van der Waals surface area (Å²) >= 11 is 6.14. The number of piperidine rings is 1. The number of para-hydroxylation sites is 1. The summed E-state index contributed by atoms with van der Waals surface area (Å²) in [4.78, 5) is 12.3. The molecular formula is C25H29ClN4. The van der Waals surface area contributed by atoms with Gasteiger partial charge in [-0.1, -0.05) is 35.9 Å². The Balaban J connectivity index is 1.15. The number of anilines is 1. The van der Waals surface area contributed by atoms with Crippen LogP contribution in [-0.2, 0) is 6.54 Å². The van der Waals surface area contributed by atoms with E-state index in [1.54, 1.807) is 0 Å². The van der Waals surface area contributed by atoms with Gasteiger partial charge in [0, 0.05) is 61.1 Å². The van der Waals surface area contributed by atoms with E-state index in [2.05, 4.69) is 62.1 Å². The van der Waals surface area contributed by atoms with Crippen molar-refractivity contribution in [3.63, 3.8) is 0 Å². The molecule has 3 aromatic rings. The topological polar surface area (TPSA) is 22.6 Å². The Hall–Kier alpha value is -2.14. The highest BCUT2D eigenvalue weighted by molar-refractivity contribution is 6.31. The van der Waals surface area contributed by atoms with Gasteiger partial charge in [-0.2, -0.15) is 0 Å². The summed E-state index contributed by atoms with van der Waals surface area (Å²) in [6.07, 6.45) is 4.44. The quantitative estimate of drug-likeness (QED) is 0.611. The molecule has 0 radical (unpaired) electrons. The van der Waals surface area contributed by atoms with E-state index in [4.69, 9.17) is 11.6 Å². The molecule has 0 spiro atoms. The van der Waals surface area contributed by atoms with E-state index in [0.29, 0.717) is 0 Å². The minimum Gasteiger partial charge on any atom is -0.369 e. The van der Waals surface area contributed by atoms with Crippen molar-refractivity contribution in [3.8, 4) is 0 Å². The van der Waals surface area contributed by atoms with Crippen LogP contribution in [0.5, 0.6) is 0 Å². The average Bonchev–Trinajstić information content (AvgIpc) is 2.80. The smallest absolute Gasteiger partial charge is 0.0720 e. The molecule has 0 atom stereocenters. The molecule has 4 nitrogen and oxygen atoms in total. The maximum Gasteiger partial charge on any atom is 0.0720 e. The van der Waals surface area contributed by atoms with Gasteiger partial charge < -0.3 is 4.90 Å². The maximum absolute atomic E-state index is 6.14. The van der Waals surface area contributed by atoms with Crippen LogP contribution < -0.4 is 4.90 Å². The van der Waals surface area contributed by atoms with Crippen LogP contribution in [0.25, 0.3) is 10.9 Å². The summed E-state index contributed by atoms with van der Waals surface area (Å²) in [7, 11) is 0. The number of fused-ring (bicyclic) bond motifs is 1. The molecule has 0 bridgehead atoms. The number of piperazine rings is 1. The average molecular weight is 421 g/mol. The van der Waals surface area contributed by atoms with Gasteiger partial charge in [-0.05, 0) is 61.8 Å². The van der Waals surface area contributed by atoms with E-state index >= 15 is 0 Å². The van der Waals surface area contributed by atoms with Gasteiger partial charge in [0.2, 0.25) is 0 Å². The number of hydrogen-bond donors (Lipinski definition) is 0. The van der Waals surface area contributed by atoms with Crippen molar-refractivity contribution in [2.24, 2.45) is 0 Å². The van der Waals surface area contributed by atoms with Gasteiger partial charge in [0.25, 0.3) is 0 Å². The van der Waals surface area contributed by atoms with Gasteiger partial charge in [-0.3, -0.25) is 14.8 Å². The van der Waals surface area contributed by atoms with Crippen LogP contribution in [0.1, 0.15) is 18.4 Å². The summed E-state index contributed by atoms with van der Waals surface area (Å²) in [5.74, 6) is 0. The maximum atomic E-state index is 6.14. The first-order chi connectivity index (χ1) is 14.8. The number of benzene rings is 2. The molecule has 0 saturated carbocycles. The number of nitrogens with zero attached hydrogens (tertiary/aromatic N) is 4. The lowest BCUT2D eigenvalue weighted by molar-refractivity contribution is 0.100. The zero-order chi connectivity index (χ0) is 20.3. The Morgan fingerprint density at radius 1 is 0.867 bits per heavy atom. The fraction of sp³-hybridized carbons (Fsp3) is 0.400. The Bertz CT molecular complexity index is 977. The highest BCUT2D eigenvalue weighted by Crippen LogP contribution is 2.25. The fourth-order valence-electron chi connectivity index (χ4n) is 4.99. The number of hydrogen-bond acceptors (Lipinski definition) is 4. The van der Waals surface area contributed by atoms with Gasteiger partial charge in [0.1, 0.15) is 0 Å². The van der Waals surface area contributed by atoms with Gasteiger partial charge in [-0.25, -0.2) is 0 Å². The van der Waals surface area contributed by atoms with Crippen molar-refractivity contribution >= 4 is 28.2 Å². The third kappa shape index (κ3) is 4.31. The minimum absolute atomic E-state index is 0.729. The molecule has 2 aliphatic rings. The highest BCUT2D eigenvalue weighted by Gasteiger charge is 2.27. The fourth-order valence-corrected chi connectivity index (χ4v) is 5.15. The summed E-state index contributed by atoms with van der Waals surface area (Å²) in [5, 5.41) is 1.97. The first-order valence-electron chi connectivity index (χ1n) is 11.1. The van der Waals surface area contributed by atoms with Crippen LogP contribution in [0.2, 0.25) is 5.02 Å². The molecule has 2 saturated heterocycles. The Labute approximate surface area is 184 Å². The summed E-state index contributed by atoms with van der Waals surface area (Å²) < 4.78 is 0. The Morgan fingerprint density at radius 2 is 1.63 bits per heavy atom. The van der Waals surface area contributed by atoms with Crippen LogP contribution in [0.4, 0.5) is 5.69 Å². The van der Waals surface area contributed by atoms with Crippen molar-refractivity contribution in [1.29, 1.82) is 0 Å². The summed E-state index contributed by atoms with van der Waals surface area (Å²) in [5.41, 5.74) is 3.70. The highest BCUT2D eigenvalue weighted by atomic mass is 35.5. The van der Waals surface area contributed by atoms with Crippen LogP contribution in [0.15, 0.2) is 60.8 Å². The molecule has 0 aliphatic carbocycles. The lowest BCUT2D eigenvalue weighted by Gasteiger charge is -2.43. The predicted molar refractivity (Wildman–Crippen MR) is 125 cm³/mol. The van der Waals surface area contributed by atoms with Crippen molar-refractivity contribution in [2.45, 2.75) is 25.4 Å². The molecule has 3 heterocycles.